The maximum absolute atomic E-state index is 5.30. The summed E-state index contributed by atoms with van der Waals surface area (Å²) in [6.45, 7) is 1.03. The molecule has 66 valence electrons. The van der Waals surface area contributed by atoms with E-state index in [1.165, 1.54) is 0 Å². The predicted octanol–water partition coefficient (Wildman–Crippen LogP) is -1.73. The van der Waals surface area contributed by atoms with E-state index in [4.69, 9.17) is 11.5 Å². The van der Waals surface area contributed by atoms with Crippen LogP contribution in [0.15, 0.2) is 0 Å². The van der Waals surface area contributed by atoms with Crippen LogP contribution in [0.25, 0.3) is 0 Å². The third-order valence-corrected chi connectivity index (χ3v) is 1.30. The Morgan fingerprint density at radius 3 is 1.33 bits per heavy atom. The SMILES string of the molecule is NCCc1nnc(CCN)nn1. The van der Waals surface area contributed by atoms with Crippen molar-refractivity contribution in [1.29, 1.82) is 0 Å². The Labute approximate surface area is 70.4 Å². The summed E-state index contributed by atoms with van der Waals surface area (Å²) in [4.78, 5) is 0. The summed E-state index contributed by atoms with van der Waals surface area (Å²) in [6, 6.07) is 0. The number of nitrogens with two attached hydrogens (primary N) is 2. The van der Waals surface area contributed by atoms with Crippen molar-refractivity contribution in [2.24, 2.45) is 11.5 Å². The number of rotatable bonds is 4. The van der Waals surface area contributed by atoms with Crippen LogP contribution in [-0.4, -0.2) is 33.5 Å². The monoisotopic (exact) mass is 168 g/mol. The molecule has 0 spiro atoms. The summed E-state index contributed by atoms with van der Waals surface area (Å²) in [5.74, 6) is 1.16. The molecule has 0 amide bonds. The molecule has 4 N–H and O–H groups in total. The van der Waals surface area contributed by atoms with Crippen molar-refractivity contribution in [3.8, 4) is 0 Å². The highest BCUT2D eigenvalue weighted by Crippen LogP contribution is 1.87. The van der Waals surface area contributed by atoms with Crippen molar-refractivity contribution in [1.82, 2.24) is 20.4 Å². The van der Waals surface area contributed by atoms with Gasteiger partial charge in [-0.05, 0) is 13.1 Å². The van der Waals surface area contributed by atoms with Crippen molar-refractivity contribution in [2.45, 2.75) is 12.8 Å². The third-order valence-electron chi connectivity index (χ3n) is 1.30. The highest BCUT2D eigenvalue weighted by atomic mass is 15.3. The molecule has 0 bridgehead atoms. The van der Waals surface area contributed by atoms with Crippen molar-refractivity contribution in [3.05, 3.63) is 11.6 Å². The molecule has 1 rings (SSSR count). The van der Waals surface area contributed by atoms with E-state index < -0.39 is 0 Å². The van der Waals surface area contributed by atoms with Crippen LogP contribution >= 0.6 is 0 Å². The Hall–Kier alpha value is -1.14. The summed E-state index contributed by atoms with van der Waals surface area (Å²) in [5, 5.41) is 15.3. The Bertz CT molecular complexity index is 195. The smallest absolute Gasteiger partial charge is 0.174 e. The number of hydrogen-bond acceptors (Lipinski definition) is 6. The van der Waals surface area contributed by atoms with Crippen LogP contribution in [0.4, 0.5) is 0 Å². The van der Waals surface area contributed by atoms with Gasteiger partial charge >= 0.3 is 0 Å². The molecule has 0 aliphatic carbocycles. The standard InChI is InChI=1S/C6H12N6/c7-3-1-5-9-11-6(2-4-8)12-10-5/h1-4,7-8H2. The molecule has 0 unspecified atom stereocenters. The molecule has 0 aromatic carbocycles. The first-order valence-corrected chi connectivity index (χ1v) is 3.82. The van der Waals surface area contributed by atoms with Gasteiger partial charge in [-0.15, -0.1) is 20.4 Å². The van der Waals surface area contributed by atoms with Gasteiger partial charge in [-0.25, -0.2) is 0 Å². The molecule has 0 saturated carbocycles. The molecular weight excluding hydrogens is 156 g/mol. The maximum atomic E-state index is 5.30. The van der Waals surface area contributed by atoms with E-state index >= 15 is 0 Å². The van der Waals surface area contributed by atoms with E-state index in [-0.39, 0.29) is 0 Å². The molecule has 12 heavy (non-hydrogen) atoms. The van der Waals surface area contributed by atoms with Gasteiger partial charge in [0.1, 0.15) is 0 Å². The van der Waals surface area contributed by atoms with Crippen LogP contribution in [0.5, 0.6) is 0 Å². The zero-order valence-corrected chi connectivity index (χ0v) is 6.77. The van der Waals surface area contributed by atoms with E-state index in [2.05, 4.69) is 20.4 Å². The molecule has 1 heterocycles. The van der Waals surface area contributed by atoms with E-state index in [1.54, 1.807) is 0 Å². The van der Waals surface area contributed by atoms with E-state index in [1.807, 2.05) is 0 Å². The van der Waals surface area contributed by atoms with Gasteiger partial charge < -0.3 is 11.5 Å². The van der Waals surface area contributed by atoms with Gasteiger partial charge in [0.05, 0.1) is 0 Å². The first kappa shape index (κ1) is 8.95. The molecule has 1 aromatic heterocycles. The second kappa shape index (κ2) is 4.68. The van der Waals surface area contributed by atoms with E-state index in [0.29, 0.717) is 37.6 Å². The highest BCUT2D eigenvalue weighted by Gasteiger charge is 1.98. The highest BCUT2D eigenvalue weighted by molar-refractivity contribution is 4.83. The number of nitrogens with zero attached hydrogens (tertiary/aromatic N) is 4. The summed E-state index contributed by atoms with van der Waals surface area (Å²) in [5.41, 5.74) is 10.6. The molecule has 0 radical (unpaired) electrons. The molecule has 0 fully saturated rings. The zero-order chi connectivity index (χ0) is 8.81. The van der Waals surface area contributed by atoms with E-state index in [0.717, 1.165) is 0 Å². The fourth-order valence-electron chi connectivity index (χ4n) is 0.729. The van der Waals surface area contributed by atoms with Crippen LogP contribution in [0.1, 0.15) is 11.6 Å². The lowest BCUT2D eigenvalue weighted by Crippen LogP contribution is -2.13. The second-order valence-corrected chi connectivity index (χ2v) is 2.31. The van der Waals surface area contributed by atoms with Crippen molar-refractivity contribution in [3.63, 3.8) is 0 Å². The quantitative estimate of drug-likeness (QED) is 0.553. The molecule has 0 atom stereocenters. The summed E-state index contributed by atoms with van der Waals surface area (Å²) in [6.07, 6.45) is 1.23. The first-order chi connectivity index (χ1) is 5.86. The van der Waals surface area contributed by atoms with Gasteiger partial charge in [0.25, 0.3) is 0 Å². The molecule has 1 aromatic rings. The summed E-state index contributed by atoms with van der Waals surface area (Å²) < 4.78 is 0. The number of hydrogen-bond donors (Lipinski definition) is 2. The summed E-state index contributed by atoms with van der Waals surface area (Å²) in [7, 11) is 0. The lowest BCUT2D eigenvalue weighted by atomic mass is 10.4. The van der Waals surface area contributed by atoms with Crippen molar-refractivity contribution >= 4 is 0 Å². The molecule has 0 saturated heterocycles. The van der Waals surface area contributed by atoms with Gasteiger partial charge in [-0.2, -0.15) is 0 Å². The maximum Gasteiger partial charge on any atom is 0.174 e. The fraction of sp³-hybridized carbons (Fsp3) is 0.667. The van der Waals surface area contributed by atoms with Gasteiger partial charge in [0, 0.05) is 12.8 Å². The molecule has 0 aliphatic heterocycles. The first-order valence-electron chi connectivity index (χ1n) is 3.82. The minimum absolute atomic E-state index is 0.513. The minimum atomic E-state index is 0.513. The molecule has 0 aliphatic rings. The largest absolute Gasteiger partial charge is 0.330 e. The van der Waals surface area contributed by atoms with Gasteiger partial charge in [-0.3, -0.25) is 0 Å². The predicted molar refractivity (Wildman–Crippen MR) is 43.1 cm³/mol. The molecular formula is C6H12N6. The van der Waals surface area contributed by atoms with Gasteiger partial charge in [-0.1, -0.05) is 0 Å². The molecule has 6 nitrogen and oxygen atoms in total. The van der Waals surface area contributed by atoms with Crippen LogP contribution in [0.3, 0.4) is 0 Å². The average Bonchev–Trinajstić information content (AvgIpc) is 2.09. The van der Waals surface area contributed by atoms with Crippen LogP contribution < -0.4 is 11.5 Å². The van der Waals surface area contributed by atoms with Crippen molar-refractivity contribution < 1.29 is 0 Å². The lowest BCUT2D eigenvalue weighted by Gasteiger charge is -1.96. The van der Waals surface area contributed by atoms with Crippen LogP contribution in [0.2, 0.25) is 0 Å². The normalized spacial score (nSPS) is 10.2. The lowest BCUT2D eigenvalue weighted by molar-refractivity contribution is 0.689. The van der Waals surface area contributed by atoms with Crippen LogP contribution in [0, 0.1) is 0 Å². The topological polar surface area (TPSA) is 104 Å². The fourth-order valence-corrected chi connectivity index (χ4v) is 0.729. The van der Waals surface area contributed by atoms with Crippen molar-refractivity contribution in [2.75, 3.05) is 13.1 Å². The Balaban J connectivity index is 2.58. The number of aromatic nitrogens is 4. The van der Waals surface area contributed by atoms with Gasteiger partial charge in [0.15, 0.2) is 11.6 Å². The average molecular weight is 168 g/mol. The molecule has 6 heteroatoms. The van der Waals surface area contributed by atoms with Gasteiger partial charge in [0.2, 0.25) is 0 Å². The minimum Gasteiger partial charge on any atom is -0.330 e. The van der Waals surface area contributed by atoms with Crippen LogP contribution in [-0.2, 0) is 12.8 Å². The Morgan fingerprint density at radius 2 is 1.08 bits per heavy atom. The second-order valence-electron chi connectivity index (χ2n) is 2.31. The Morgan fingerprint density at radius 1 is 0.750 bits per heavy atom. The third kappa shape index (κ3) is 2.48. The Kier molecular flexibility index (Phi) is 3.49. The zero-order valence-electron chi connectivity index (χ0n) is 6.77. The summed E-state index contributed by atoms with van der Waals surface area (Å²) >= 11 is 0. The van der Waals surface area contributed by atoms with E-state index in [9.17, 15) is 0 Å².